The number of fused-ring (bicyclic) bond motifs is 2. The van der Waals surface area contributed by atoms with Crippen molar-refractivity contribution < 1.29 is 14.3 Å². The van der Waals surface area contributed by atoms with Gasteiger partial charge >= 0.3 is 5.97 Å². The van der Waals surface area contributed by atoms with Crippen LogP contribution >= 0.6 is 22.9 Å². The molecule has 6 rings (SSSR count). The number of nitrogens with zero attached hydrogens (tertiary/aromatic N) is 3. The van der Waals surface area contributed by atoms with Crippen LogP contribution in [0.1, 0.15) is 50.4 Å². The number of carbonyl (C=O) groups excluding carboxylic acids is 1. The second-order valence-electron chi connectivity index (χ2n) is 10.9. The van der Waals surface area contributed by atoms with Gasteiger partial charge in [-0.05, 0) is 75.2 Å². The van der Waals surface area contributed by atoms with Crippen molar-refractivity contribution in [3.05, 3.63) is 132 Å². The highest BCUT2D eigenvalue weighted by atomic mass is 35.5. The highest BCUT2D eigenvalue weighted by molar-refractivity contribution is 7.07. The van der Waals surface area contributed by atoms with E-state index in [9.17, 15) is 9.59 Å². The van der Waals surface area contributed by atoms with Crippen molar-refractivity contribution in [2.24, 2.45) is 4.99 Å². The minimum atomic E-state index is -0.695. The number of hydrogen-bond acceptors (Lipinski definition) is 6. The average Bonchev–Trinajstić information content (AvgIpc) is 3.49. The van der Waals surface area contributed by atoms with E-state index in [-0.39, 0.29) is 11.7 Å². The SMILES string of the molecule is CCOc1ccc([C@@H]2C(C(=O)OC(C)C)=C(C)N=c3s/c(=C/c4cn(Cc5cccc(Cl)c5)c5ccccc45)c(=O)n32)cc1. The van der Waals surface area contributed by atoms with Gasteiger partial charge in [-0.2, -0.15) is 0 Å². The van der Waals surface area contributed by atoms with Crippen molar-refractivity contribution in [2.75, 3.05) is 6.61 Å². The van der Waals surface area contributed by atoms with Gasteiger partial charge in [0.2, 0.25) is 0 Å². The summed E-state index contributed by atoms with van der Waals surface area (Å²) in [5, 5.41) is 1.72. The Bertz CT molecular complexity index is 2090. The molecule has 0 N–H and O–H groups in total. The molecule has 1 aliphatic heterocycles. The molecule has 0 aliphatic carbocycles. The summed E-state index contributed by atoms with van der Waals surface area (Å²) in [4.78, 5) is 32.9. The summed E-state index contributed by atoms with van der Waals surface area (Å²) in [6.45, 7) is 8.49. The minimum absolute atomic E-state index is 0.221. The molecule has 0 unspecified atom stereocenters. The molecule has 0 saturated heterocycles. The van der Waals surface area contributed by atoms with Crippen molar-refractivity contribution in [1.82, 2.24) is 9.13 Å². The zero-order chi connectivity index (χ0) is 31.0. The van der Waals surface area contributed by atoms with E-state index in [1.54, 1.807) is 25.3 Å². The van der Waals surface area contributed by atoms with E-state index in [1.807, 2.05) is 73.7 Å². The van der Waals surface area contributed by atoms with Crippen LogP contribution in [0.3, 0.4) is 0 Å². The number of hydrogen-bond donors (Lipinski definition) is 0. The Balaban J connectivity index is 1.49. The topological polar surface area (TPSA) is 74.8 Å². The van der Waals surface area contributed by atoms with Crippen LogP contribution in [0.25, 0.3) is 17.0 Å². The monoisotopic (exact) mass is 625 g/mol. The van der Waals surface area contributed by atoms with Gasteiger partial charge in [0.05, 0.1) is 34.6 Å². The number of rotatable bonds is 8. The van der Waals surface area contributed by atoms with E-state index < -0.39 is 12.0 Å². The molecule has 0 bridgehead atoms. The minimum Gasteiger partial charge on any atom is -0.494 e. The van der Waals surface area contributed by atoms with Crippen LogP contribution < -0.4 is 19.6 Å². The first-order chi connectivity index (χ1) is 21.2. The standard InChI is InChI=1S/C35H32ClN3O4S/c1-5-42-27-15-13-24(14-16-27)32-31(34(41)43-21(2)3)22(4)37-35-39(32)33(40)30(44-35)18-25-20-38(29-12-7-6-11-28(25)29)19-23-9-8-10-26(36)17-23/h6-18,20-21,32H,5,19H2,1-4H3/b30-18+/t32-/m1/s1. The van der Waals surface area contributed by atoms with Crippen molar-refractivity contribution in [1.29, 1.82) is 0 Å². The van der Waals surface area contributed by atoms with Gasteiger partial charge < -0.3 is 14.0 Å². The second-order valence-corrected chi connectivity index (χ2v) is 12.3. The van der Waals surface area contributed by atoms with Gasteiger partial charge in [0.25, 0.3) is 5.56 Å². The molecule has 3 aromatic carbocycles. The molecule has 0 saturated carbocycles. The van der Waals surface area contributed by atoms with Crippen molar-refractivity contribution in [3.63, 3.8) is 0 Å². The lowest BCUT2D eigenvalue weighted by molar-refractivity contribution is -0.143. The summed E-state index contributed by atoms with van der Waals surface area (Å²) >= 11 is 7.57. The Morgan fingerprint density at radius 2 is 1.86 bits per heavy atom. The Labute approximate surface area is 264 Å². The van der Waals surface area contributed by atoms with E-state index in [0.29, 0.717) is 44.5 Å². The first kappa shape index (κ1) is 29.7. The fourth-order valence-corrected chi connectivity index (χ4v) is 6.83. The maximum atomic E-state index is 14.2. The third kappa shape index (κ3) is 5.75. The lowest BCUT2D eigenvalue weighted by Crippen LogP contribution is -2.40. The number of halogens is 1. The van der Waals surface area contributed by atoms with Crippen molar-refractivity contribution in [2.45, 2.75) is 46.4 Å². The summed E-state index contributed by atoms with van der Waals surface area (Å²) in [5.74, 6) is 0.225. The van der Waals surface area contributed by atoms with Crippen molar-refractivity contribution in [3.8, 4) is 5.75 Å². The number of ether oxygens (including phenoxy) is 2. The largest absolute Gasteiger partial charge is 0.494 e. The molecule has 0 radical (unpaired) electrons. The second kappa shape index (κ2) is 12.3. The molecule has 0 spiro atoms. The summed E-state index contributed by atoms with van der Waals surface area (Å²) in [6.07, 6.45) is 3.66. The summed E-state index contributed by atoms with van der Waals surface area (Å²) < 4.78 is 15.6. The average molecular weight is 626 g/mol. The molecule has 224 valence electrons. The van der Waals surface area contributed by atoms with Gasteiger partial charge in [0.15, 0.2) is 4.80 Å². The zero-order valence-corrected chi connectivity index (χ0v) is 26.5. The highest BCUT2D eigenvalue weighted by Crippen LogP contribution is 2.32. The predicted octanol–water partition coefficient (Wildman–Crippen LogP) is 6.24. The maximum absolute atomic E-state index is 14.2. The molecule has 0 fully saturated rings. The molecular formula is C35H32ClN3O4S. The number of para-hydroxylation sites is 1. The van der Waals surface area contributed by atoms with Crippen LogP contribution in [0.4, 0.5) is 0 Å². The van der Waals surface area contributed by atoms with Gasteiger partial charge in [-0.3, -0.25) is 9.36 Å². The van der Waals surface area contributed by atoms with Crippen LogP contribution in [0.15, 0.2) is 100 Å². The number of carbonyl (C=O) groups is 1. The fraction of sp³-hybridized carbons (Fsp3) is 0.229. The smallest absolute Gasteiger partial charge is 0.338 e. The van der Waals surface area contributed by atoms with Gasteiger partial charge in [0.1, 0.15) is 5.75 Å². The molecule has 5 aromatic rings. The molecule has 7 nitrogen and oxygen atoms in total. The lowest BCUT2D eigenvalue weighted by Gasteiger charge is -2.25. The number of aromatic nitrogens is 2. The molecule has 2 aromatic heterocycles. The third-order valence-corrected chi connectivity index (χ3v) is 8.66. The van der Waals surface area contributed by atoms with E-state index in [0.717, 1.165) is 27.6 Å². The third-order valence-electron chi connectivity index (χ3n) is 7.44. The number of allylic oxidation sites excluding steroid dienone is 1. The van der Waals surface area contributed by atoms with E-state index in [4.69, 9.17) is 26.1 Å². The Kier molecular flexibility index (Phi) is 8.29. The van der Waals surface area contributed by atoms with Crippen LogP contribution in [-0.4, -0.2) is 27.8 Å². The van der Waals surface area contributed by atoms with E-state index >= 15 is 0 Å². The Morgan fingerprint density at radius 3 is 2.59 bits per heavy atom. The van der Waals surface area contributed by atoms with Gasteiger partial charge in [-0.1, -0.05) is 65.4 Å². The first-order valence-electron chi connectivity index (χ1n) is 14.5. The fourth-order valence-electron chi connectivity index (χ4n) is 5.58. The van der Waals surface area contributed by atoms with Crippen LogP contribution in [0.2, 0.25) is 5.02 Å². The first-order valence-corrected chi connectivity index (χ1v) is 15.7. The molecule has 44 heavy (non-hydrogen) atoms. The van der Waals surface area contributed by atoms with Gasteiger partial charge in [-0.15, -0.1) is 0 Å². The quantitative estimate of drug-likeness (QED) is 0.191. The van der Waals surface area contributed by atoms with Crippen LogP contribution in [0, 0.1) is 0 Å². The summed E-state index contributed by atoms with van der Waals surface area (Å²) in [7, 11) is 0. The summed E-state index contributed by atoms with van der Waals surface area (Å²) in [5.41, 5.74) is 4.47. The summed E-state index contributed by atoms with van der Waals surface area (Å²) in [6, 6.07) is 22.7. The number of esters is 1. The van der Waals surface area contributed by atoms with Crippen LogP contribution in [-0.2, 0) is 16.1 Å². The molecule has 1 aliphatic rings. The zero-order valence-electron chi connectivity index (χ0n) is 24.9. The van der Waals surface area contributed by atoms with E-state index in [1.165, 1.54) is 11.3 Å². The Hall–Kier alpha value is -4.40. The molecule has 9 heteroatoms. The normalized spacial score (nSPS) is 15.0. The molecule has 0 amide bonds. The number of thiazole rings is 1. The molecule has 3 heterocycles. The number of benzene rings is 3. The van der Waals surface area contributed by atoms with Crippen LogP contribution in [0.5, 0.6) is 5.75 Å². The van der Waals surface area contributed by atoms with Crippen molar-refractivity contribution >= 4 is 45.9 Å². The molecular weight excluding hydrogens is 594 g/mol. The predicted molar refractivity (Wildman–Crippen MR) is 175 cm³/mol. The lowest BCUT2D eigenvalue weighted by atomic mass is 9.96. The van der Waals surface area contributed by atoms with E-state index in [2.05, 4.69) is 22.9 Å². The maximum Gasteiger partial charge on any atom is 0.338 e. The molecule has 1 atom stereocenters. The Morgan fingerprint density at radius 1 is 1.09 bits per heavy atom. The van der Waals surface area contributed by atoms with Gasteiger partial charge in [-0.25, -0.2) is 9.79 Å². The van der Waals surface area contributed by atoms with Gasteiger partial charge in [0, 0.05) is 34.2 Å². The highest BCUT2D eigenvalue weighted by Gasteiger charge is 2.33.